The Balaban J connectivity index is 1.93. The van der Waals surface area contributed by atoms with Gasteiger partial charge in [-0.2, -0.15) is 0 Å². The Hall–Kier alpha value is -0.870. The summed E-state index contributed by atoms with van der Waals surface area (Å²) in [7, 11) is 0. The molecule has 0 radical (unpaired) electrons. The smallest absolute Gasteiger partial charge is 0.150 e. The molecule has 2 unspecified atom stereocenters. The Morgan fingerprint density at radius 1 is 1.26 bits per heavy atom. The van der Waals surface area contributed by atoms with E-state index in [1.165, 1.54) is 12.5 Å². The molecule has 0 spiro atoms. The van der Waals surface area contributed by atoms with Gasteiger partial charge in [0.15, 0.2) is 5.82 Å². The maximum Gasteiger partial charge on any atom is 0.150 e. The lowest BCUT2D eigenvalue weighted by molar-refractivity contribution is 0.202. The number of hydrogen-bond acceptors (Lipinski definition) is 2. The van der Waals surface area contributed by atoms with Crippen LogP contribution in [0.4, 0.5) is 14.5 Å². The molecule has 1 aromatic carbocycles. The molecular weight excluding hydrogens is 270 g/mol. The zero-order valence-corrected chi connectivity index (χ0v) is 11.6. The van der Waals surface area contributed by atoms with E-state index in [0.29, 0.717) is 11.7 Å². The first-order chi connectivity index (χ1) is 9.06. The van der Waals surface area contributed by atoms with Crippen molar-refractivity contribution >= 4 is 17.3 Å². The van der Waals surface area contributed by atoms with Gasteiger partial charge in [0.25, 0.3) is 0 Å². The van der Waals surface area contributed by atoms with Crippen LogP contribution in [-0.2, 0) is 0 Å². The number of anilines is 1. The van der Waals surface area contributed by atoms with Crippen LogP contribution in [-0.4, -0.2) is 36.6 Å². The normalized spacial score (nSPS) is 27.7. The maximum atomic E-state index is 14.0. The van der Waals surface area contributed by atoms with Gasteiger partial charge in [-0.05, 0) is 32.4 Å². The van der Waals surface area contributed by atoms with Crippen molar-refractivity contribution in [3.63, 3.8) is 0 Å². The molecule has 2 aliphatic heterocycles. The third kappa shape index (κ3) is 2.32. The van der Waals surface area contributed by atoms with E-state index in [1.807, 2.05) is 4.90 Å². The Morgan fingerprint density at radius 2 is 2.05 bits per heavy atom. The lowest BCUT2D eigenvalue weighted by Gasteiger charge is -2.44. The second-order valence-electron chi connectivity index (χ2n) is 5.51. The molecule has 1 aromatic rings. The average molecular weight is 287 g/mol. The molecule has 3 rings (SSSR count). The van der Waals surface area contributed by atoms with E-state index in [4.69, 9.17) is 11.6 Å². The standard InChI is InChI=1S/C14H17ClF2N2/c1-9-7-18-4-2-3-11(18)8-19(9)14-12(15)5-10(16)6-13(14)17/h5-6,9,11H,2-4,7-8H2,1H3. The summed E-state index contributed by atoms with van der Waals surface area (Å²) in [4.78, 5) is 4.44. The van der Waals surface area contributed by atoms with Crippen LogP contribution in [0.1, 0.15) is 19.8 Å². The third-order valence-electron chi connectivity index (χ3n) is 4.21. The summed E-state index contributed by atoms with van der Waals surface area (Å²) in [5.41, 5.74) is 0.349. The predicted octanol–water partition coefficient (Wildman–Crippen LogP) is 3.29. The van der Waals surface area contributed by atoms with Gasteiger partial charge in [0, 0.05) is 31.2 Å². The number of fused-ring (bicyclic) bond motifs is 1. The average Bonchev–Trinajstić information content (AvgIpc) is 2.74. The predicted molar refractivity (Wildman–Crippen MR) is 72.8 cm³/mol. The molecule has 2 heterocycles. The summed E-state index contributed by atoms with van der Waals surface area (Å²) in [6, 6.07) is 2.76. The zero-order valence-electron chi connectivity index (χ0n) is 10.9. The van der Waals surface area contributed by atoms with Gasteiger partial charge in [-0.15, -0.1) is 0 Å². The molecule has 19 heavy (non-hydrogen) atoms. The minimum atomic E-state index is -0.626. The van der Waals surface area contributed by atoms with E-state index in [1.54, 1.807) is 0 Å². The summed E-state index contributed by atoms with van der Waals surface area (Å²) in [6.07, 6.45) is 2.34. The fourth-order valence-corrected chi connectivity index (χ4v) is 3.61. The molecule has 0 aromatic heterocycles. The highest BCUT2D eigenvalue weighted by molar-refractivity contribution is 6.33. The molecule has 2 atom stereocenters. The first kappa shape index (κ1) is 13.1. The van der Waals surface area contributed by atoms with Crippen molar-refractivity contribution in [2.45, 2.75) is 31.8 Å². The van der Waals surface area contributed by atoms with E-state index >= 15 is 0 Å². The van der Waals surface area contributed by atoms with E-state index in [0.717, 1.165) is 32.1 Å². The van der Waals surface area contributed by atoms with Crippen LogP contribution in [0.5, 0.6) is 0 Å². The number of rotatable bonds is 1. The Morgan fingerprint density at radius 3 is 2.79 bits per heavy atom. The van der Waals surface area contributed by atoms with E-state index in [-0.39, 0.29) is 11.1 Å². The molecule has 0 saturated carbocycles. The highest BCUT2D eigenvalue weighted by Crippen LogP contribution is 2.35. The summed E-state index contributed by atoms with van der Waals surface area (Å²) < 4.78 is 27.2. The van der Waals surface area contributed by atoms with Crippen LogP contribution < -0.4 is 4.90 Å². The quantitative estimate of drug-likeness (QED) is 0.782. The highest BCUT2D eigenvalue weighted by atomic mass is 35.5. The number of benzene rings is 1. The molecule has 2 saturated heterocycles. The summed E-state index contributed by atoms with van der Waals surface area (Å²) in [6.45, 7) is 4.87. The topological polar surface area (TPSA) is 6.48 Å². The Kier molecular flexibility index (Phi) is 3.39. The van der Waals surface area contributed by atoms with Crippen molar-refractivity contribution in [1.29, 1.82) is 0 Å². The van der Waals surface area contributed by atoms with Crippen molar-refractivity contribution < 1.29 is 8.78 Å². The van der Waals surface area contributed by atoms with Crippen LogP contribution >= 0.6 is 11.6 Å². The van der Waals surface area contributed by atoms with Gasteiger partial charge >= 0.3 is 0 Å². The molecule has 104 valence electrons. The van der Waals surface area contributed by atoms with Crippen LogP contribution in [0.3, 0.4) is 0 Å². The number of hydrogen-bond donors (Lipinski definition) is 0. The van der Waals surface area contributed by atoms with Crippen LogP contribution in [0.15, 0.2) is 12.1 Å². The van der Waals surface area contributed by atoms with Gasteiger partial charge in [-0.1, -0.05) is 11.6 Å². The second-order valence-corrected chi connectivity index (χ2v) is 5.92. The first-order valence-corrected chi connectivity index (χ1v) is 7.09. The molecule has 2 aliphatic rings. The molecule has 2 fully saturated rings. The van der Waals surface area contributed by atoms with Crippen molar-refractivity contribution in [2.75, 3.05) is 24.5 Å². The van der Waals surface area contributed by atoms with Gasteiger partial charge in [0.1, 0.15) is 5.82 Å². The molecule has 0 bridgehead atoms. The monoisotopic (exact) mass is 286 g/mol. The van der Waals surface area contributed by atoms with E-state index in [9.17, 15) is 8.78 Å². The molecule has 0 aliphatic carbocycles. The zero-order chi connectivity index (χ0) is 13.6. The summed E-state index contributed by atoms with van der Waals surface area (Å²) in [5.74, 6) is -1.19. The minimum absolute atomic E-state index is 0.163. The molecular formula is C14H17ClF2N2. The number of halogens is 3. The van der Waals surface area contributed by atoms with Gasteiger partial charge in [0.2, 0.25) is 0 Å². The van der Waals surface area contributed by atoms with Crippen molar-refractivity contribution in [3.8, 4) is 0 Å². The number of piperazine rings is 1. The van der Waals surface area contributed by atoms with Gasteiger partial charge in [-0.3, -0.25) is 4.90 Å². The Labute approximate surface area is 116 Å². The van der Waals surface area contributed by atoms with E-state index in [2.05, 4.69) is 11.8 Å². The lowest BCUT2D eigenvalue weighted by atomic mass is 10.1. The van der Waals surface area contributed by atoms with Gasteiger partial charge < -0.3 is 4.90 Å². The van der Waals surface area contributed by atoms with Crippen LogP contribution in [0.2, 0.25) is 5.02 Å². The van der Waals surface area contributed by atoms with Crippen molar-refractivity contribution in [1.82, 2.24) is 4.90 Å². The maximum absolute atomic E-state index is 14.0. The van der Waals surface area contributed by atoms with Crippen molar-refractivity contribution in [3.05, 3.63) is 28.8 Å². The lowest BCUT2D eigenvalue weighted by Crippen LogP contribution is -2.55. The Bertz CT molecular complexity index is 471. The van der Waals surface area contributed by atoms with Gasteiger partial charge in [-0.25, -0.2) is 8.78 Å². The van der Waals surface area contributed by atoms with Gasteiger partial charge in [0.05, 0.1) is 10.7 Å². The molecule has 0 amide bonds. The first-order valence-electron chi connectivity index (χ1n) is 6.71. The van der Waals surface area contributed by atoms with E-state index < -0.39 is 11.6 Å². The minimum Gasteiger partial charge on any atom is -0.362 e. The highest BCUT2D eigenvalue weighted by Gasteiger charge is 2.36. The molecule has 0 N–H and O–H groups in total. The molecule has 2 nitrogen and oxygen atoms in total. The number of nitrogens with zero attached hydrogens (tertiary/aromatic N) is 2. The second kappa shape index (κ2) is 4.91. The molecule has 5 heteroatoms. The van der Waals surface area contributed by atoms with Crippen LogP contribution in [0.25, 0.3) is 0 Å². The SMILES string of the molecule is CC1CN2CCCC2CN1c1c(F)cc(F)cc1Cl. The van der Waals surface area contributed by atoms with Crippen molar-refractivity contribution in [2.24, 2.45) is 0 Å². The largest absolute Gasteiger partial charge is 0.362 e. The fourth-order valence-electron chi connectivity index (χ4n) is 3.31. The summed E-state index contributed by atoms with van der Waals surface area (Å²) in [5, 5.41) is 0.163. The fraction of sp³-hybridized carbons (Fsp3) is 0.571. The summed E-state index contributed by atoms with van der Waals surface area (Å²) >= 11 is 6.04. The van der Waals surface area contributed by atoms with Crippen LogP contribution in [0, 0.1) is 11.6 Å². The third-order valence-corrected chi connectivity index (χ3v) is 4.49.